The second-order valence-corrected chi connectivity index (χ2v) is 5.27. The molecule has 1 amide bonds. The largest absolute Gasteiger partial charge is 0.398 e. The number of nitrogen functional groups attached to an aromatic ring is 1. The lowest BCUT2D eigenvalue weighted by Crippen LogP contribution is -2.44. The van der Waals surface area contributed by atoms with Crippen LogP contribution in [0.1, 0.15) is 35.7 Å². The smallest absolute Gasteiger partial charge is 0.253 e. The Hall–Kier alpha value is -1.55. The van der Waals surface area contributed by atoms with Gasteiger partial charge >= 0.3 is 0 Å². The van der Waals surface area contributed by atoms with Gasteiger partial charge in [-0.2, -0.15) is 0 Å². The predicted octanol–water partition coefficient (Wildman–Crippen LogP) is 1.79. The summed E-state index contributed by atoms with van der Waals surface area (Å²) in [6, 6.07) is 5.84. The fourth-order valence-electron chi connectivity index (χ4n) is 2.52. The van der Waals surface area contributed by atoms with E-state index >= 15 is 0 Å². The number of amides is 1. The maximum Gasteiger partial charge on any atom is 0.253 e. The van der Waals surface area contributed by atoms with Crippen LogP contribution in [0.15, 0.2) is 18.2 Å². The molecular weight excluding hydrogens is 238 g/mol. The van der Waals surface area contributed by atoms with Crippen LogP contribution in [0.25, 0.3) is 0 Å². The van der Waals surface area contributed by atoms with Crippen molar-refractivity contribution in [2.45, 2.75) is 32.7 Å². The molecule has 0 atom stereocenters. The maximum atomic E-state index is 12.2. The number of carbonyl (C=O) groups excluding carboxylic acids is 1. The van der Waals surface area contributed by atoms with Gasteiger partial charge in [0, 0.05) is 24.8 Å². The average molecular weight is 261 g/mol. The number of hydrogen-bond acceptors (Lipinski definition) is 3. The highest BCUT2D eigenvalue weighted by Crippen LogP contribution is 2.15. The molecule has 0 spiro atoms. The summed E-state index contributed by atoms with van der Waals surface area (Å²) in [5.74, 6) is -0.0452. The molecule has 1 heterocycles. The van der Waals surface area contributed by atoms with Crippen LogP contribution in [0.4, 0.5) is 5.69 Å². The first-order valence-electron chi connectivity index (χ1n) is 6.99. The molecule has 104 valence electrons. The minimum atomic E-state index is -0.0452. The molecule has 19 heavy (non-hydrogen) atoms. The van der Waals surface area contributed by atoms with E-state index in [-0.39, 0.29) is 11.9 Å². The van der Waals surface area contributed by atoms with Crippen molar-refractivity contribution in [2.75, 3.05) is 25.4 Å². The lowest BCUT2D eigenvalue weighted by atomic mass is 10.0. The van der Waals surface area contributed by atoms with Gasteiger partial charge in [-0.1, -0.05) is 18.6 Å². The highest BCUT2D eigenvalue weighted by Gasteiger charge is 2.20. The molecule has 0 bridgehead atoms. The molecule has 1 aromatic carbocycles. The zero-order valence-corrected chi connectivity index (χ0v) is 11.8. The van der Waals surface area contributed by atoms with E-state index < -0.39 is 0 Å². The normalized spacial score (nSPS) is 17.4. The molecule has 0 saturated carbocycles. The molecule has 1 aromatic rings. The first-order chi connectivity index (χ1) is 9.10. The molecule has 0 radical (unpaired) electrons. The van der Waals surface area contributed by atoms with E-state index in [9.17, 15) is 4.79 Å². The Morgan fingerprint density at radius 3 is 2.74 bits per heavy atom. The monoisotopic (exact) mass is 261 g/mol. The molecule has 4 nitrogen and oxygen atoms in total. The van der Waals surface area contributed by atoms with Crippen LogP contribution in [0, 0.1) is 6.92 Å². The third kappa shape index (κ3) is 3.47. The van der Waals surface area contributed by atoms with Gasteiger partial charge in [0.15, 0.2) is 0 Å². The van der Waals surface area contributed by atoms with Gasteiger partial charge in [-0.15, -0.1) is 0 Å². The summed E-state index contributed by atoms with van der Waals surface area (Å²) in [5, 5.41) is 3.10. The van der Waals surface area contributed by atoms with Crippen LogP contribution in [-0.2, 0) is 0 Å². The second kappa shape index (κ2) is 6.06. The first-order valence-corrected chi connectivity index (χ1v) is 6.99. The molecule has 4 heteroatoms. The number of rotatable bonds is 3. The minimum absolute atomic E-state index is 0.0452. The van der Waals surface area contributed by atoms with Gasteiger partial charge in [0.05, 0.1) is 5.56 Å². The quantitative estimate of drug-likeness (QED) is 0.816. The number of anilines is 1. The number of nitrogens with two attached hydrogens (primary N) is 1. The Kier molecular flexibility index (Phi) is 4.43. The molecule has 1 aliphatic rings. The molecule has 2 rings (SSSR count). The molecule has 3 N–H and O–H groups in total. The number of aryl methyl sites for hydroxylation is 1. The van der Waals surface area contributed by atoms with E-state index in [0.717, 1.165) is 38.0 Å². The fraction of sp³-hybridized carbons (Fsp3) is 0.533. The lowest BCUT2D eigenvalue weighted by molar-refractivity contribution is 0.0913. The minimum Gasteiger partial charge on any atom is -0.398 e. The van der Waals surface area contributed by atoms with Gasteiger partial charge in [-0.05, 0) is 38.4 Å². The van der Waals surface area contributed by atoms with Crippen LogP contribution >= 0.6 is 0 Å². The summed E-state index contributed by atoms with van der Waals surface area (Å²) < 4.78 is 0. The third-order valence-corrected chi connectivity index (χ3v) is 3.82. The molecule has 0 aromatic heterocycles. The van der Waals surface area contributed by atoms with Crippen LogP contribution in [0.3, 0.4) is 0 Å². The van der Waals surface area contributed by atoms with Crippen molar-refractivity contribution >= 4 is 11.6 Å². The molecule has 0 aliphatic carbocycles. The standard InChI is InChI=1S/C15H23N3O/c1-3-18-8-6-12(7-9-18)17-15(19)13-10-11(2)4-5-14(13)16/h4-5,10,12H,3,6-9,16H2,1-2H3,(H,17,19). The van der Waals surface area contributed by atoms with Gasteiger partial charge in [0.2, 0.25) is 0 Å². The molecule has 1 fully saturated rings. The van der Waals surface area contributed by atoms with Crippen molar-refractivity contribution in [1.29, 1.82) is 0 Å². The Morgan fingerprint density at radius 2 is 2.11 bits per heavy atom. The van der Waals surface area contributed by atoms with Crippen molar-refractivity contribution in [3.05, 3.63) is 29.3 Å². The third-order valence-electron chi connectivity index (χ3n) is 3.82. The van der Waals surface area contributed by atoms with Crippen molar-refractivity contribution in [3.8, 4) is 0 Å². The van der Waals surface area contributed by atoms with E-state index in [2.05, 4.69) is 17.1 Å². The van der Waals surface area contributed by atoms with Crippen molar-refractivity contribution in [3.63, 3.8) is 0 Å². The van der Waals surface area contributed by atoms with E-state index in [1.807, 2.05) is 19.1 Å². The Morgan fingerprint density at radius 1 is 1.42 bits per heavy atom. The number of piperidine rings is 1. The van der Waals surface area contributed by atoms with Gasteiger partial charge in [0.1, 0.15) is 0 Å². The number of benzene rings is 1. The Balaban J connectivity index is 1.96. The number of nitrogens with one attached hydrogen (secondary N) is 1. The zero-order chi connectivity index (χ0) is 13.8. The fourth-order valence-corrected chi connectivity index (χ4v) is 2.52. The van der Waals surface area contributed by atoms with Crippen LogP contribution < -0.4 is 11.1 Å². The van der Waals surface area contributed by atoms with Crippen molar-refractivity contribution in [2.24, 2.45) is 0 Å². The summed E-state index contributed by atoms with van der Waals surface area (Å²) >= 11 is 0. The van der Waals surface area contributed by atoms with Gasteiger partial charge in [-0.3, -0.25) is 4.79 Å². The predicted molar refractivity (Wildman–Crippen MR) is 78.2 cm³/mol. The maximum absolute atomic E-state index is 12.2. The van der Waals surface area contributed by atoms with E-state index in [0.29, 0.717) is 11.3 Å². The average Bonchev–Trinajstić information content (AvgIpc) is 2.42. The Bertz CT molecular complexity index is 451. The summed E-state index contributed by atoms with van der Waals surface area (Å²) in [5.41, 5.74) is 8.07. The Labute approximate surface area is 115 Å². The topological polar surface area (TPSA) is 58.4 Å². The summed E-state index contributed by atoms with van der Waals surface area (Å²) in [6.45, 7) is 7.35. The summed E-state index contributed by atoms with van der Waals surface area (Å²) in [7, 11) is 0. The van der Waals surface area contributed by atoms with Crippen molar-refractivity contribution in [1.82, 2.24) is 10.2 Å². The van der Waals surface area contributed by atoms with E-state index in [1.54, 1.807) is 6.07 Å². The highest BCUT2D eigenvalue weighted by molar-refractivity contribution is 5.99. The lowest BCUT2D eigenvalue weighted by Gasteiger charge is -2.31. The van der Waals surface area contributed by atoms with E-state index in [4.69, 9.17) is 5.73 Å². The van der Waals surface area contributed by atoms with Crippen LogP contribution in [0.5, 0.6) is 0 Å². The van der Waals surface area contributed by atoms with Gasteiger partial charge in [0.25, 0.3) is 5.91 Å². The van der Waals surface area contributed by atoms with Gasteiger partial charge < -0.3 is 16.0 Å². The molecule has 0 unspecified atom stereocenters. The zero-order valence-electron chi connectivity index (χ0n) is 11.8. The summed E-state index contributed by atoms with van der Waals surface area (Å²) in [4.78, 5) is 14.6. The van der Waals surface area contributed by atoms with Crippen LogP contribution in [-0.4, -0.2) is 36.5 Å². The number of nitrogens with zero attached hydrogens (tertiary/aromatic N) is 1. The molecule has 1 aliphatic heterocycles. The number of carbonyl (C=O) groups is 1. The second-order valence-electron chi connectivity index (χ2n) is 5.27. The van der Waals surface area contributed by atoms with E-state index in [1.165, 1.54) is 0 Å². The number of likely N-dealkylation sites (tertiary alicyclic amines) is 1. The van der Waals surface area contributed by atoms with Crippen molar-refractivity contribution < 1.29 is 4.79 Å². The SMILES string of the molecule is CCN1CCC(NC(=O)c2cc(C)ccc2N)CC1. The summed E-state index contributed by atoms with van der Waals surface area (Å²) in [6.07, 6.45) is 2.04. The highest BCUT2D eigenvalue weighted by atomic mass is 16.1. The first kappa shape index (κ1) is 13.9. The molecular formula is C15H23N3O. The van der Waals surface area contributed by atoms with Crippen LogP contribution in [0.2, 0.25) is 0 Å². The number of hydrogen-bond donors (Lipinski definition) is 2. The molecule has 1 saturated heterocycles. The van der Waals surface area contributed by atoms with Gasteiger partial charge in [-0.25, -0.2) is 0 Å².